The SMILES string of the molecule is Cc1ccc(C(=O)Nc2ccc3c(c2)NC(=O)C3(C)C)cc1CN1CCCCC1. The summed E-state index contributed by atoms with van der Waals surface area (Å²) in [6, 6.07) is 11.5. The minimum atomic E-state index is -0.543. The molecule has 4 rings (SSSR count). The van der Waals surface area contributed by atoms with E-state index in [-0.39, 0.29) is 11.8 Å². The third-order valence-corrected chi connectivity index (χ3v) is 6.22. The van der Waals surface area contributed by atoms with Crippen molar-refractivity contribution in [1.29, 1.82) is 0 Å². The van der Waals surface area contributed by atoms with E-state index in [2.05, 4.69) is 22.5 Å². The maximum atomic E-state index is 12.8. The van der Waals surface area contributed by atoms with E-state index in [0.717, 1.165) is 30.9 Å². The maximum absolute atomic E-state index is 12.8. The number of nitrogens with zero attached hydrogens (tertiary/aromatic N) is 1. The molecule has 0 spiro atoms. The van der Waals surface area contributed by atoms with Crippen LogP contribution in [0.5, 0.6) is 0 Å². The maximum Gasteiger partial charge on any atom is 0.255 e. The Morgan fingerprint density at radius 1 is 1.10 bits per heavy atom. The number of hydrogen-bond donors (Lipinski definition) is 2. The second-order valence-electron chi connectivity index (χ2n) is 8.77. The van der Waals surface area contributed by atoms with Gasteiger partial charge in [0.2, 0.25) is 5.91 Å². The molecule has 152 valence electrons. The summed E-state index contributed by atoms with van der Waals surface area (Å²) in [5, 5.41) is 5.88. The first-order valence-electron chi connectivity index (χ1n) is 10.4. The molecule has 5 nitrogen and oxygen atoms in total. The largest absolute Gasteiger partial charge is 0.325 e. The summed E-state index contributed by atoms with van der Waals surface area (Å²) in [4.78, 5) is 27.5. The van der Waals surface area contributed by atoms with Crippen LogP contribution in [-0.4, -0.2) is 29.8 Å². The van der Waals surface area contributed by atoms with Crippen molar-refractivity contribution in [3.8, 4) is 0 Å². The molecule has 1 fully saturated rings. The highest BCUT2D eigenvalue weighted by atomic mass is 16.2. The van der Waals surface area contributed by atoms with Crippen LogP contribution in [0.3, 0.4) is 0 Å². The van der Waals surface area contributed by atoms with Gasteiger partial charge in [-0.25, -0.2) is 0 Å². The van der Waals surface area contributed by atoms with E-state index in [9.17, 15) is 9.59 Å². The van der Waals surface area contributed by atoms with Gasteiger partial charge in [-0.15, -0.1) is 0 Å². The number of carbonyl (C=O) groups is 2. The van der Waals surface area contributed by atoms with Gasteiger partial charge in [0.25, 0.3) is 5.91 Å². The highest BCUT2D eigenvalue weighted by Crippen LogP contribution is 2.38. The summed E-state index contributed by atoms with van der Waals surface area (Å²) in [5.41, 5.74) is 4.96. The van der Waals surface area contributed by atoms with E-state index in [1.165, 1.54) is 30.4 Å². The number of piperidine rings is 1. The van der Waals surface area contributed by atoms with Crippen LogP contribution in [0.1, 0.15) is 60.2 Å². The summed E-state index contributed by atoms with van der Waals surface area (Å²) >= 11 is 0. The van der Waals surface area contributed by atoms with Crippen molar-refractivity contribution in [1.82, 2.24) is 4.90 Å². The second kappa shape index (κ2) is 7.64. The fraction of sp³-hybridized carbons (Fsp3) is 0.417. The zero-order chi connectivity index (χ0) is 20.6. The zero-order valence-corrected chi connectivity index (χ0v) is 17.5. The van der Waals surface area contributed by atoms with Crippen molar-refractivity contribution in [2.24, 2.45) is 0 Å². The molecule has 0 bridgehead atoms. The smallest absolute Gasteiger partial charge is 0.255 e. The van der Waals surface area contributed by atoms with E-state index < -0.39 is 5.41 Å². The Kier molecular flexibility index (Phi) is 5.17. The lowest BCUT2D eigenvalue weighted by Gasteiger charge is -2.27. The molecule has 0 radical (unpaired) electrons. The number of benzene rings is 2. The van der Waals surface area contributed by atoms with Crippen molar-refractivity contribution >= 4 is 23.2 Å². The van der Waals surface area contributed by atoms with Crippen LogP contribution in [0.2, 0.25) is 0 Å². The summed E-state index contributed by atoms with van der Waals surface area (Å²) in [5.74, 6) is -0.148. The van der Waals surface area contributed by atoms with Crippen LogP contribution in [0, 0.1) is 6.92 Å². The first-order chi connectivity index (χ1) is 13.8. The molecule has 0 aliphatic carbocycles. The summed E-state index contributed by atoms with van der Waals surface area (Å²) in [6.07, 6.45) is 3.83. The molecule has 0 aromatic heterocycles. The van der Waals surface area contributed by atoms with Gasteiger partial charge in [0, 0.05) is 23.5 Å². The number of likely N-dealkylation sites (tertiary alicyclic amines) is 1. The van der Waals surface area contributed by atoms with E-state index in [4.69, 9.17) is 0 Å². The van der Waals surface area contributed by atoms with Gasteiger partial charge in [-0.3, -0.25) is 14.5 Å². The van der Waals surface area contributed by atoms with Gasteiger partial charge in [-0.05, 0) is 87.7 Å². The predicted molar refractivity (Wildman–Crippen MR) is 116 cm³/mol. The molecule has 2 aromatic rings. The van der Waals surface area contributed by atoms with Gasteiger partial charge in [0.1, 0.15) is 0 Å². The number of rotatable bonds is 4. The molecule has 2 aromatic carbocycles. The average Bonchev–Trinajstić information content (AvgIpc) is 2.92. The minimum Gasteiger partial charge on any atom is -0.325 e. The van der Waals surface area contributed by atoms with Crippen molar-refractivity contribution < 1.29 is 9.59 Å². The summed E-state index contributed by atoms with van der Waals surface area (Å²) in [7, 11) is 0. The Bertz CT molecular complexity index is 959. The van der Waals surface area contributed by atoms with Crippen LogP contribution in [0.25, 0.3) is 0 Å². The Morgan fingerprint density at radius 3 is 2.62 bits per heavy atom. The van der Waals surface area contributed by atoms with Crippen LogP contribution in [0.15, 0.2) is 36.4 Å². The van der Waals surface area contributed by atoms with Gasteiger partial charge >= 0.3 is 0 Å². The van der Waals surface area contributed by atoms with Gasteiger partial charge < -0.3 is 10.6 Å². The van der Waals surface area contributed by atoms with Crippen molar-refractivity contribution in [3.63, 3.8) is 0 Å². The normalized spacial score (nSPS) is 18.2. The minimum absolute atomic E-state index is 0.0168. The Hall–Kier alpha value is -2.66. The van der Waals surface area contributed by atoms with Crippen LogP contribution in [-0.2, 0) is 16.8 Å². The fourth-order valence-corrected chi connectivity index (χ4v) is 4.22. The molecule has 2 heterocycles. The molecule has 0 atom stereocenters. The van der Waals surface area contributed by atoms with E-state index in [1.54, 1.807) is 0 Å². The molecular formula is C24H29N3O2. The highest BCUT2D eigenvalue weighted by Gasteiger charge is 2.38. The highest BCUT2D eigenvalue weighted by molar-refractivity contribution is 6.08. The molecule has 1 saturated heterocycles. The van der Waals surface area contributed by atoms with E-state index >= 15 is 0 Å². The number of amides is 2. The molecule has 2 N–H and O–H groups in total. The van der Waals surface area contributed by atoms with Crippen molar-refractivity contribution in [3.05, 3.63) is 58.7 Å². The van der Waals surface area contributed by atoms with Gasteiger partial charge in [0.15, 0.2) is 0 Å². The molecule has 0 unspecified atom stereocenters. The lowest BCUT2D eigenvalue weighted by atomic mass is 9.86. The van der Waals surface area contributed by atoms with Crippen molar-refractivity contribution in [2.75, 3.05) is 23.7 Å². The molecule has 5 heteroatoms. The van der Waals surface area contributed by atoms with Gasteiger partial charge in [-0.2, -0.15) is 0 Å². The van der Waals surface area contributed by atoms with Crippen molar-refractivity contribution in [2.45, 2.75) is 52.0 Å². The Labute approximate surface area is 172 Å². The van der Waals surface area contributed by atoms with Crippen LogP contribution >= 0.6 is 0 Å². The Morgan fingerprint density at radius 2 is 1.86 bits per heavy atom. The Balaban J connectivity index is 1.50. The van der Waals surface area contributed by atoms with Crippen LogP contribution < -0.4 is 10.6 Å². The quantitative estimate of drug-likeness (QED) is 0.809. The molecule has 0 saturated carbocycles. The average molecular weight is 392 g/mol. The number of aryl methyl sites for hydroxylation is 1. The molecule has 2 aliphatic heterocycles. The molecular weight excluding hydrogens is 362 g/mol. The van der Waals surface area contributed by atoms with Crippen LogP contribution in [0.4, 0.5) is 11.4 Å². The van der Waals surface area contributed by atoms with Gasteiger partial charge in [0.05, 0.1) is 5.41 Å². The molecule has 2 aliphatic rings. The van der Waals surface area contributed by atoms with E-state index in [0.29, 0.717) is 11.3 Å². The topological polar surface area (TPSA) is 61.4 Å². The fourth-order valence-electron chi connectivity index (χ4n) is 4.22. The number of nitrogens with one attached hydrogen (secondary N) is 2. The standard InChI is InChI=1S/C24H29N3O2/c1-16-7-8-17(13-18(16)15-27-11-5-4-6-12-27)22(28)25-19-9-10-20-21(14-19)26-23(29)24(20,2)3/h7-10,13-14H,4-6,11-12,15H2,1-3H3,(H,25,28)(H,26,29). The molecule has 29 heavy (non-hydrogen) atoms. The third-order valence-electron chi connectivity index (χ3n) is 6.22. The summed E-state index contributed by atoms with van der Waals surface area (Å²) in [6.45, 7) is 9.07. The molecule has 2 amide bonds. The monoisotopic (exact) mass is 391 g/mol. The number of hydrogen-bond acceptors (Lipinski definition) is 3. The van der Waals surface area contributed by atoms with Gasteiger partial charge in [-0.1, -0.05) is 18.6 Å². The van der Waals surface area contributed by atoms with E-state index in [1.807, 2.05) is 50.2 Å². The predicted octanol–water partition coefficient (Wildman–Crippen LogP) is 4.46. The lowest BCUT2D eigenvalue weighted by Crippen LogP contribution is -2.29. The third kappa shape index (κ3) is 3.92. The number of fused-ring (bicyclic) bond motifs is 1. The number of anilines is 2. The lowest BCUT2D eigenvalue weighted by molar-refractivity contribution is -0.119. The first-order valence-corrected chi connectivity index (χ1v) is 10.4. The second-order valence-corrected chi connectivity index (χ2v) is 8.77. The number of carbonyl (C=O) groups excluding carboxylic acids is 2. The summed E-state index contributed by atoms with van der Waals surface area (Å²) < 4.78 is 0. The zero-order valence-electron chi connectivity index (χ0n) is 17.5. The first kappa shape index (κ1) is 19.6.